The van der Waals surface area contributed by atoms with E-state index >= 15 is 0 Å². The van der Waals surface area contributed by atoms with Crippen LogP contribution >= 0.6 is 0 Å². The number of fused-ring (bicyclic) bond motifs is 1. The van der Waals surface area contributed by atoms with Crippen molar-refractivity contribution in [3.8, 4) is 11.5 Å². The van der Waals surface area contributed by atoms with Crippen molar-refractivity contribution < 1.29 is 33.2 Å². The number of nitrogens with one attached hydrogen (secondary N) is 1. The number of rotatable bonds is 18. The molecule has 1 amide bonds. The van der Waals surface area contributed by atoms with Crippen molar-refractivity contribution in [1.82, 2.24) is 10.2 Å². The normalized spacial score (nSPS) is 21.2. The van der Waals surface area contributed by atoms with Crippen LogP contribution in [-0.4, -0.2) is 110 Å². The Bertz CT molecular complexity index is 1180. The Morgan fingerprint density at radius 2 is 1.87 bits per heavy atom. The van der Waals surface area contributed by atoms with Gasteiger partial charge in [-0.3, -0.25) is 4.79 Å². The molecule has 0 radical (unpaired) electrons. The summed E-state index contributed by atoms with van der Waals surface area (Å²) in [6, 6.07) is 14.5. The zero-order valence-corrected chi connectivity index (χ0v) is 27.8. The minimum absolute atomic E-state index is 0.0186. The Kier molecular flexibility index (Phi) is 13.8. The SMILES string of the molecule is CCCN(C)C(=O)CO[C@@H]1CNC[C@@](C)(OCc2ccc3c(c2)N(CCCOC)CCO3)C1c1ccc(OCCCOC)cc1. The maximum Gasteiger partial charge on any atom is 0.248 e. The van der Waals surface area contributed by atoms with Crippen molar-refractivity contribution in [3.05, 3.63) is 53.6 Å². The average Bonchev–Trinajstić information content (AvgIpc) is 3.05. The van der Waals surface area contributed by atoms with Gasteiger partial charge in [0.25, 0.3) is 0 Å². The van der Waals surface area contributed by atoms with Gasteiger partial charge in [0.2, 0.25) is 5.91 Å². The van der Waals surface area contributed by atoms with Gasteiger partial charge in [-0.15, -0.1) is 0 Å². The van der Waals surface area contributed by atoms with Crippen LogP contribution in [0.5, 0.6) is 11.5 Å². The Hall–Kier alpha value is -2.89. The molecule has 10 nitrogen and oxygen atoms in total. The summed E-state index contributed by atoms with van der Waals surface area (Å²) < 4.78 is 35.5. The van der Waals surface area contributed by atoms with Gasteiger partial charge in [0.15, 0.2) is 0 Å². The van der Waals surface area contributed by atoms with Crippen molar-refractivity contribution in [3.63, 3.8) is 0 Å². The molecular weight excluding hydrogens is 574 g/mol. The number of anilines is 1. The Morgan fingerprint density at radius 1 is 1.09 bits per heavy atom. The van der Waals surface area contributed by atoms with E-state index in [-0.39, 0.29) is 24.5 Å². The first kappa shape index (κ1) is 35.0. The lowest BCUT2D eigenvalue weighted by Gasteiger charge is -2.46. The summed E-state index contributed by atoms with van der Waals surface area (Å²) in [7, 11) is 5.26. The minimum Gasteiger partial charge on any atom is -0.494 e. The smallest absolute Gasteiger partial charge is 0.248 e. The van der Waals surface area contributed by atoms with E-state index in [0.717, 1.165) is 67.3 Å². The van der Waals surface area contributed by atoms with Gasteiger partial charge in [0, 0.05) is 73.0 Å². The Labute approximate surface area is 269 Å². The first-order chi connectivity index (χ1) is 21.9. The number of benzene rings is 2. The molecule has 1 saturated heterocycles. The van der Waals surface area contributed by atoms with Crippen LogP contribution in [0.3, 0.4) is 0 Å². The predicted octanol–water partition coefficient (Wildman–Crippen LogP) is 4.25. The summed E-state index contributed by atoms with van der Waals surface area (Å²) in [5.41, 5.74) is 2.66. The molecule has 2 aliphatic rings. The molecule has 2 aromatic carbocycles. The number of hydrogen-bond acceptors (Lipinski definition) is 9. The number of nitrogens with zero attached hydrogens (tertiary/aromatic N) is 2. The lowest BCUT2D eigenvalue weighted by molar-refractivity contribution is -0.145. The van der Waals surface area contributed by atoms with Crippen LogP contribution in [0.25, 0.3) is 0 Å². The van der Waals surface area contributed by atoms with E-state index in [2.05, 4.69) is 48.3 Å². The number of piperidine rings is 1. The monoisotopic (exact) mass is 627 g/mol. The molecular formula is C35H53N3O7. The number of ether oxygens (including phenoxy) is 6. The molecule has 2 aromatic rings. The molecule has 3 atom stereocenters. The van der Waals surface area contributed by atoms with Crippen molar-refractivity contribution in [2.75, 3.05) is 91.9 Å². The average molecular weight is 628 g/mol. The van der Waals surface area contributed by atoms with Crippen LogP contribution in [0.15, 0.2) is 42.5 Å². The number of likely N-dealkylation sites (N-methyl/N-ethyl adjacent to an activating group) is 1. The van der Waals surface area contributed by atoms with E-state index in [0.29, 0.717) is 46.1 Å². The summed E-state index contributed by atoms with van der Waals surface area (Å²) in [4.78, 5) is 16.9. The van der Waals surface area contributed by atoms with Gasteiger partial charge in [0.05, 0.1) is 37.2 Å². The molecule has 0 spiro atoms. The lowest BCUT2D eigenvalue weighted by Crippen LogP contribution is -2.58. The van der Waals surface area contributed by atoms with Crippen molar-refractivity contribution in [2.45, 2.75) is 57.3 Å². The highest BCUT2D eigenvalue weighted by Gasteiger charge is 2.45. The highest BCUT2D eigenvalue weighted by atomic mass is 16.5. The molecule has 4 rings (SSSR count). The molecule has 1 N–H and O–H groups in total. The third-order valence-corrected chi connectivity index (χ3v) is 8.59. The molecule has 45 heavy (non-hydrogen) atoms. The number of carbonyl (C=O) groups excluding carboxylic acids is 1. The summed E-state index contributed by atoms with van der Waals surface area (Å²) >= 11 is 0. The molecule has 0 aromatic heterocycles. The minimum atomic E-state index is -0.604. The molecule has 0 aliphatic carbocycles. The fourth-order valence-electron chi connectivity index (χ4n) is 6.15. The molecule has 2 aliphatic heterocycles. The van der Waals surface area contributed by atoms with Gasteiger partial charge >= 0.3 is 0 Å². The molecule has 10 heteroatoms. The van der Waals surface area contributed by atoms with E-state index in [1.165, 1.54) is 0 Å². The third kappa shape index (κ3) is 9.80. The van der Waals surface area contributed by atoms with Gasteiger partial charge in [-0.1, -0.05) is 25.1 Å². The second kappa shape index (κ2) is 17.7. The second-order valence-electron chi connectivity index (χ2n) is 12.1. The zero-order valence-electron chi connectivity index (χ0n) is 27.8. The summed E-state index contributed by atoms with van der Waals surface area (Å²) in [5.74, 6) is 1.58. The lowest BCUT2D eigenvalue weighted by atomic mass is 9.76. The topological polar surface area (TPSA) is 91.0 Å². The predicted molar refractivity (Wildman–Crippen MR) is 176 cm³/mol. The van der Waals surface area contributed by atoms with Crippen LogP contribution in [0, 0.1) is 0 Å². The third-order valence-electron chi connectivity index (χ3n) is 8.59. The van der Waals surface area contributed by atoms with E-state index < -0.39 is 5.60 Å². The maximum absolute atomic E-state index is 12.8. The second-order valence-corrected chi connectivity index (χ2v) is 12.1. The fourth-order valence-corrected chi connectivity index (χ4v) is 6.15. The van der Waals surface area contributed by atoms with Crippen LogP contribution < -0.4 is 19.7 Å². The van der Waals surface area contributed by atoms with Crippen molar-refractivity contribution in [1.29, 1.82) is 0 Å². The van der Waals surface area contributed by atoms with Gasteiger partial charge in [-0.2, -0.15) is 0 Å². The van der Waals surface area contributed by atoms with Crippen LogP contribution in [-0.2, 0) is 30.3 Å². The highest BCUT2D eigenvalue weighted by Crippen LogP contribution is 2.40. The molecule has 0 saturated carbocycles. The molecule has 1 unspecified atom stereocenters. The van der Waals surface area contributed by atoms with E-state index in [1.54, 1.807) is 19.1 Å². The van der Waals surface area contributed by atoms with Crippen LogP contribution in [0.2, 0.25) is 0 Å². The van der Waals surface area contributed by atoms with Crippen molar-refractivity contribution >= 4 is 11.6 Å². The highest BCUT2D eigenvalue weighted by molar-refractivity contribution is 5.77. The first-order valence-electron chi connectivity index (χ1n) is 16.3. The van der Waals surface area contributed by atoms with E-state index in [4.69, 9.17) is 28.4 Å². The number of hydrogen-bond donors (Lipinski definition) is 1. The molecule has 250 valence electrons. The Balaban J connectivity index is 1.52. The summed E-state index contributed by atoms with van der Waals surface area (Å²) in [5, 5.41) is 3.52. The van der Waals surface area contributed by atoms with E-state index in [9.17, 15) is 4.79 Å². The van der Waals surface area contributed by atoms with Gasteiger partial charge in [-0.05, 0) is 55.2 Å². The standard InChI is InChI=1S/C35H53N3O7/c1-6-15-37(3)33(39)25-44-32-23-36-26-35(2,34(32)28-10-12-29(13-11-28)42-20-8-19-41-5)45-24-27-9-14-31-30(22-27)38(17-21-43-31)16-7-18-40-4/h9-14,22,32,34,36H,6-8,15-21,23-26H2,1-5H3/t32-,34?,35-/m1/s1. The Morgan fingerprint density at radius 3 is 2.62 bits per heavy atom. The fraction of sp³-hybridized carbons (Fsp3) is 0.629. The quantitative estimate of drug-likeness (QED) is 0.244. The molecule has 0 bridgehead atoms. The summed E-state index contributed by atoms with van der Waals surface area (Å²) in [6.07, 6.45) is 2.43. The zero-order chi connectivity index (χ0) is 32.1. The largest absolute Gasteiger partial charge is 0.494 e. The summed E-state index contributed by atoms with van der Waals surface area (Å²) in [6.45, 7) is 11.1. The van der Waals surface area contributed by atoms with Crippen molar-refractivity contribution in [2.24, 2.45) is 0 Å². The van der Waals surface area contributed by atoms with Gasteiger partial charge < -0.3 is 43.5 Å². The van der Waals surface area contributed by atoms with Gasteiger partial charge in [0.1, 0.15) is 24.7 Å². The molecule has 2 heterocycles. The number of methoxy groups -OCH3 is 2. The van der Waals surface area contributed by atoms with Gasteiger partial charge in [-0.25, -0.2) is 0 Å². The number of carbonyl (C=O) groups is 1. The molecule has 1 fully saturated rings. The first-order valence-corrected chi connectivity index (χ1v) is 16.3. The number of amides is 1. The van der Waals surface area contributed by atoms with Crippen LogP contribution in [0.4, 0.5) is 5.69 Å². The maximum atomic E-state index is 12.8. The van der Waals surface area contributed by atoms with E-state index in [1.807, 2.05) is 25.2 Å². The van der Waals surface area contributed by atoms with Crippen LogP contribution in [0.1, 0.15) is 50.2 Å².